The third-order valence-electron chi connectivity index (χ3n) is 7.93. The van der Waals surface area contributed by atoms with E-state index in [4.69, 9.17) is 16.5 Å². The van der Waals surface area contributed by atoms with Gasteiger partial charge in [0, 0.05) is 53.3 Å². The minimum Gasteiger partial charge on any atom is -0.383 e. The number of amides is 2. The number of nitrogens with zero attached hydrogens (tertiary/aromatic N) is 6. The van der Waals surface area contributed by atoms with Gasteiger partial charge in [-0.05, 0) is 50.5 Å². The number of carbonyl (C=O) groups is 1. The molecule has 2 aliphatic heterocycles. The van der Waals surface area contributed by atoms with Gasteiger partial charge in [0.2, 0.25) is 0 Å². The number of fused-ring (bicyclic) bond motifs is 3. The van der Waals surface area contributed by atoms with Crippen molar-refractivity contribution in [3.8, 4) is 22.6 Å². The second-order valence-electron chi connectivity index (χ2n) is 10.0. The molecular formula is C25H27N9O. The predicted octanol–water partition coefficient (Wildman–Crippen LogP) is 3.43. The zero-order chi connectivity index (χ0) is 23.7. The summed E-state index contributed by atoms with van der Waals surface area (Å²) in [6, 6.07) is 4.03. The Bertz CT molecular complexity index is 1410. The first-order valence-corrected chi connectivity index (χ1v) is 12.3. The number of carbonyl (C=O) groups excluding carboxylic acids is 1. The second kappa shape index (κ2) is 7.53. The van der Waals surface area contributed by atoms with Crippen molar-refractivity contribution in [2.75, 3.05) is 5.73 Å². The number of hydrogen-bond acceptors (Lipinski definition) is 6. The molecule has 10 heteroatoms. The monoisotopic (exact) mass is 469 g/mol. The summed E-state index contributed by atoms with van der Waals surface area (Å²) < 4.78 is 1.78. The average molecular weight is 470 g/mol. The molecule has 35 heavy (non-hydrogen) atoms. The van der Waals surface area contributed by atoms with E-state index < -0.39 is 0 Å². The molecule has 4 aromatic heterocycles. The molecule has 178 valence electrons. The summed E-state index contributed by atoms with van der Waals surface area (Å²) in [5.41, 5.74) is 18.0. The fourth-order valence-electron chi connectivity index (χ4n) is 6.21. The summed E-state index contributed by atoms with van der Waals surface area (Å²) in [4.78, 5) is 31.1. The number of aromatic amines is 1. The molecule has 3 fully saturated rings. The smallest absolute Gasteiger partial charge is 0.315 e. The van der Waals surface area contributed by atoms with E-state index in [9.17, 15) is 4.79 Å². The number of hydrogen-bond donors (Lipinski definition) is 3. The first-order chi connectivity index (χ1) is 17.1. The SMILES string of the molecule is NC(=O)N1[C@@H]2CC[C@H]1C[C@H](c1nc3c(-c4ccc(-c5ncc[nH]5)nc4)cnn3c(N)c1C1CC1)C2. The fraction of sp³-hybridized carbons (Fsp3) is 0.400. The van der Waals surface area contributed by atoms with Crippen LogP contribution in [0.1, 0.15) is 61.6 Å². The maximum absolute atomic E-state index is 12.0. The van der Waals surface area contributed by atoms with Gasteiger partial charge in [0.15, 0.2) is 11.5 Å². The van der Waals surface area contributed by atoms with E-state index in [-0.39, 0.29) is 24.0 Å². The van der Waals surface area contributed by atoms with Gasteiger partial charge < -0.3 is 21.4 Å². The van der Waals surface area contributed by atoms with E-state index in [1.54, 1.807) is 16.9 Å². The molecule has 0 spiro atoms. The van der Waals surface area contributed by atoms with E-state index in [1.807, 2.05) is 29.4 Å². The van der Waals surface area contributed by atoms with Crippen LogP contribution in [0.4, 0.5) is 10.6 Å². The maximum atomic E-state index is 12.0. The largest absolute Gasteiger partial charge is 0.383 e. The first-order valence-electron chi connectivity index (χ1n) is 12.3. The Labute approximate surface area is 201 Å². The van der Waals surface area contributed by atoms with Crippen LogP contribution in [0.25, 0.3) is 28.3 Å². The highest BCUT2D eigenvalue weighted by atomic mass is 16.2. The number of anilines is 1. The lowest BCUT2D eigenvalue weighted by atomic mass is 9.85. The summed E-state index contributed by atoms with van der Waals surface area (Å²) in [6.45, 7) is 0. The van der Waals surface area contributed by atoms with Gasteiger partial charge >= 0.3 is 6.03 Å². The normalized spacial score (nSPS) is 23.8. The molecule has 1 aliphatic carbocycles. The molecule has 2 amide bonds. The average Bonchev–Trinajstić information content (AvgIpc) is 3.25. The quantitative estimate of drug-likeness (QED) is 0.418. The van der Waals surface area contributed by atoms with Crippen molar-refractivity contribution in [2.24, 2.45) is 5.73 Å². The van der Waals surface area contributed by atoms with E-state index in [0.717, 1.165) is 78.1 Å². The minimum absolute atomic E-state index is 0.185. The van der Waals surface area contributed by atoms with Crippen molar-refractivity contribution in [3.05, 3.63) is 48.2 Å². The summed E-state index contributed by atoms with van der Waals surface area (Å²) >= 11 is 0. The van der Waals surface area contributed by atoms with E-state index >= 15 is 0 Å². The number of H-pyrrole nitrogens is 1. The van der Waals surface area contributed by atoms with Crippen LogP contribution in [0, 0.1) is 0 Å². The van der Waals surface area contributed by atoms with Crippen LogP contribution < -0.4 is 11.5 Å². The van der Waals surface area contributed by atoms with Gasteiger partial charge in [-0.2, -0.15) is 9.61 Å². The second-order valence-corrected chi connectivity index (χ2v) is 10.0. The molecule has 2 saturated heterocycles. The molecule has 0 radical (unpaired) electrons. The highest BCUT2D eigenvalue weighted by Crippen LogP contribution is 2.50. The van der Waals surface area contributed by atoms with Crippen molar-refractivity contribution in [1.29, 1.82) is 0 Å². The van der Waals surface area contributed by atoms with Gasteiger partial charge in [-0.25, -0.2) is 14.8 Å². The Morgan fingerprint density at radius 2 is 1.83 bits per heavy atom. The third-order valence-corrected chi connectivity index (χ3v) is 7.93. The molecule has 3 atom stereocenters. The molecule has 7 rings (SSSR count). The Kier molecular flexibility index (Phi) is 4.39. The van der Waals surface area contributed by atoms with E-state index in [2.05, 4.69) is 20.1 Å². The lowest BCUT2D eigenvalue weighted by Crippen LogP contribution is -2.48. The lowest BCUT2D eigenvalue weighted by Gasteiger charge is -2.38. The van der Waals surface area contributed by atoms with Crippen molar-refractivity contribution in [1.82, 2.24) is 34.4 Å². The molecular weight excluding hydrogens is 442 g/mol. The number of urea groups is 1. The molecule has 10 nitrogen and oxygen atoms in total. The summed E-state index contributed by atoms with van der Waals surface area (Å²) in [6.07, 6.45) is 13.2. The Balaban J connectivity index is 1.31. The topological polar surface area (TPSA) is 144 Å². The van der Waals surface area contributed by atoms with E-state index in [0.29, 0.717) is 11.7 Å². The molecule has 0 unspecified atom stereocenters. The van der Waals surface area contributed by atoms with Gasteiger partial charge in [-0.15, -0.1) is 0 Å². The van der Waals surface area contributed by atoms with Gasteiger partial charge in [0.1, 0.15) is 11.5 Å². The molecule has 2 bridgehead atoms. The lowest BCUT2D eigenvalue weighted by molar-refractivity contribution is 0.145. The van der Waals surface area contributed by atoms with Crippen molar-refractivity contribution in [3.63, 3.8) is 0 Å². The highest BCUT2D eigenvalue weighted by molar-refractivity contribution is 5.79. The number of pyridine rings is 1. The summed E-state index contributed by atoms with van der Waals surface area (Å²) in [7, 11) is 0. The van der Waals surface area contributed by atoms with Crippen LogP contribution in [0.3, 0.4) is 0 Å². The number of aromatic nitrogens is 6. The third kappa shape index (κ3) is 3.19. The number of piperidine rings is 1. The minimum atomic E-state index is -0.301. The number of rotatable bonds is 4. The van der Waals surface area contributed by atoms with Crippen LogP contribution >= 0.6 is 0 Å². The van der Waals surface area contributed by atoms with Gasteiger partial charge in [-0.3, -0.25) is 4.98 Å². The van der Waals surface area contributed by atoms with Gasteiger partial charge in [0.25, 0.3) is 0 Å². The number of primary amides is 1. The van der Waals surface area contributed by atoms with Gasteiger partial charge in [-0.1, -0.05) is 6.07 Å². The fourth-order valence-corrected chi connectivity index (χ4v) is 6.21. The highest BCUT2D eigenvalue weighted by Gasteiger charge is 2.45. The van der Waals surface area contributed by atoms with Gasteiger partial charge in [0.05, 0.1) is 11.9 Å². The molecule has 4 aromatic rings. The van der Waals surface area contributed by atoms with Crippen LogP contribution in [-0.2, 0) is 0 Å². The van der Waals surface area contributed by atoms with E-state index in [1.165, 1.54) is 0 Å². The predicted molar refractivity (Wildman–Crippen MR) is 130 cm³/mol. The molecule has 3 aliphatic rings. The van der Waals surface area contributed by atoms with Crippen LogP contribution in [0.15, 0.2) is 36.9 Å². The summed E-state index contributed by atoms with van der Waals surface area (Å²) in [5.74, 6) is 2.11. The van der Waals surface area contributed by atoms with Crippen molar-refractivity contribution >= 4 is 17.5 Å². The number of nitrogen functional groups attached to an aromatic ring is 1. The van der Waals surface area contributed by atoms with Crippen LogP contribution in [-0.4, -0.2) is 52.6 Å². The Hall–Kier alpha value is -3.95. The van der Waals surface area contributed by atoms with Crippen LogP contribution in [0.5, 0.6) is 0 Å². The van der Waals surface area contributed by atoms with Crippen molar-refractivity contribution in [2.45, 2.75) is 62.4 Å². The molecule has 6 heterocycles. The zero-order valence-electron chi connectivity index (χ0n) is 19.3. The Morgan fingerprint density at radius 1 is 1.03 bits per heavy atom. The zero-order valence-corrected chi connectivity index (χ0v) is 19.3. The standard InChI is InChI=1S/C25H27N9O/c26-22-20(13-1-2-13)21(15-9-16-4-5-17(10-15)33(16)25(27)35)32-24-18(12-31-34(22)24)14-3-6-19(30-11-14)23-28-7-8-29-23/h3,6-8,11-13,15-17H,1-2,4-5,9-10,26H2,(H2,27,35)(H,28,29)/t15-,16-,17+. The first kappa shape index (κ1) is 20.4. The Morgan fingerprint density at radius 3 is 2.46 bits per heavy atom. The molecule has 1 saturated carbocycles. The maximum Gasteiger partial charge on any atom is 0.315 e. The van der Waals surface area contributed by atoms with Crippen molar-refractivity contribution < 1.29 is 4.79 Å². The molecule has 0 aromatic carbocycles. The number of nitrogens with one attached hydrogen (secondary N) is 1. The number of imidazole rings is 1. The number of nitrogens with two attached hydrogens (primary N) is 2. The molecule has 5 N–H and O–H groups in total. The summed E-state index contributed by atoms with van der Waals surface area (Å²) in [5, 5.41) is 4.61. The van der Waals surface area contributed by atoms with Crippen LogP contribution in [0.2, 0.25) is 0 Å².